The highest BCUT2D eigenvalue weighted by Crippen LogP contribution is 2.15. The molecule has 0 aliphatic carbocycles. The lowest BCUT2D eigenvalue weighted by Gasteiger charge is -2.21. The lowest BCUT2D eigenvalue weighted by atomic mass is 10.3. The second-order valence-corrected chi connectivity index (χ2v) is 4.80. The number of rotatable bonds is 5. The summed E-state index contributed by atoms with van der Waals surface area (Å²) in [5.74, 6) is 0. The van der Waals surface area contributed by atoms with Gasteiger partial charge in [-0.25, -0.2) is 0 Å². The summed E-state index contributed by atoms with van der Waals surface area (Å²) in [7, 11) is 3.83. The van der Waals surface area contributed by atoms with Gasteiger partial charge in [-0.1, -0.05) is 24.9 Å². The van der Waals surface area contributed by atoms with E-state index in [0.717, 1.165) is 30.2 Å². The Bertz CT molecular complexity index is 358. The molecule has 1 aromatic rings. The summed E-state index contributed by atoms with van der Waals surface area (Å²) in [6.07, 6.45) is 3.94. The predicted molar refractivity (Wildman–Crippen MR) is 75.2 cm³/mol. The maximum Gasteiger partial charge on any atom is 0.169 e. The molecule has 0 atom stereocenters. The molecule has 6 heteroatoms. The number of nitrogens with zero attached hydrogens (tertiary/aromatic N) is 3. The summed E-state index contributed by atoms with van der Waals surface area (Å²) >= 11 is 11.3. The highest BCUT2D eigenvalue weighted by atomic mass is 35.5. The van der Waals surface area contributed by atoms with E-state index >= 15 is 0 Å². The van der Waals surface area contributed by atoms with E-state index in [1.54, 1.807) is 10.9 Å². The molecular formula is C11H19ClN4S. The van der Waals surface area contributed by atoms with Crippen LogP contribution in [0.1, 0.15) is 25.5 Å². The van der Waals surface area contributed by atoms with E-state index in [9.17, 15) is 0 Å². The summed E-state index contributed by atoms with van der Waals surface area (Å²) in [6.45, 7) is 3.73. The van der Waals surface area contributed by atoms with E-state index in [4.69, 9.17) is 23.8 Å². The molecule has 0 fully saturated rings. The minimum atomic E-state index is 0.660. The van der Waals surface area contributed by atoms with Gasteiger partial charge in [0.15, 0.2) is 5.11 Å². The normalized spacial score (nSPS) is 10.4. The molecule has 0 saturated heterocycles. The lowest BCUT2D eigenvalue weighted by Crippen LogP contribution is -2.37. The minimum Gasteiger partial charge on any atom is -0.363 e. The topological polar surface area (TPSA) is 33.1 Å². The molecule has 17 heavy (non-hydrogen) atoms. The van der Waals surface area contributed by atoms with Crippen molar-refractivity contribution in [3.05, 3.63) is 16.9 Å². The predicted octanol–water partition coefficient (Wildman–Crippen LogP) is 2.18. The third-order valence-electron chi connectivity index (χ3n) is 2.55. The van der Waals surface area contributed by atoms with Gasteiger partial charge in [-0.2, -0.15) is 5.10 Å². The van der Waals surface area contributed by atoms with Crippen LogP contribution in [-0.2, 0) is 13.6 Å². The molecule has 0 aromatic carbocycles. The van der Waals surface area contributed by atoms with Crippen LogP contribution in [0.5, 0.6) is 0 Å². The van der Waals surface area contributed by atoms with Crippen molar-refractivity contribution in [1.82, 2.24) is 20.0 Å². The molecule has 1 aromatic heterocycles. The van der Waals surface area contributed by atoms with Crippen LogP contribution in [0.3, 0.4) is 0 Å². The summed E-state index contributed by atoms with van der Waals surface area (Å²) in [5.41, 5.74) is 0.966. The molecule has 0 bridgehead atoms. The smallest absolute Gasteiger partial charge is 0.169 e. The van der Waals surface area contributed by atoms with Crippen molar-refractivity contribution in [2.45, 2.75) is 26.3 Å². The zero-order chi connectivity index (χ0) is 12.8. The van der Waals surface area contributed by atoms with Crippen LogP contribution in [0.15, 0.2) is 6.20 Å². The molecule has 0 saturated carbocycles. The first-order valence-electron chi connectivity index (χ1n) is 5.71. The average Bonchev–Trinajstić information content (AvgIpc) is 2.61. The van der Waals surface area contributed by atoms with Crippen molar-refractivity contribution in [2.24, 2.45) is 7.05 Å². The fraction of sp³-hybridized carbons (Fsp3) is 0.636. The van der Waals surface area contributed by atoms with Crippen LogP contribution in [0.25, 0.3) is 0 Å². The average molecular weight is 275 g/mol. The van der Waals surface area contributed by atoms with E-state index in [2.05, 4.69) is 17.3 Å². The van der Waals surface area contributed by atoms with Crippen molar-refractivity contribution in [2.75, 3.05) is 13.6 Å². The van der Waals surface area contributed by atoms with Gasteiger partial charge in [-0.15, -0.1) is 0 Å². The Balaban J connectivity index is 2.48. The zero-order valence-electron chi connectivity index (χ0n) is 10.5. The first kappa shape index (κ1) is 14.3. The standard InChI is InChI=1S/C11H19ClN4S/c1-4-5-6-13-11(17)15(2)8-10-9(12)7-14-16(10)3/h7H,4-6,8H2,1-3H3,(H,13,17). The molecule has 0 aliphatic heterocycles. The molecule has 0 amide bonds. The maximum absolute atomic E-state index is 6.05. The maximum atomic E-state index is 6.05. The summed E-state index contributed by atoms with van der Waals surface area (Å²) in [5, 5.41) is 8.74. The first-order chi connectivity index (χ1) is 8.06. The number of aryl methyl sites for hydroxylation is 1. The Morgan fingerprint density at radius 2 is 2.35 bits per heavy atom. The number of unbranched alkanes of at least 4 members (excludes halogenated alkanes) is 1. The second kappa shape index (κ2) is 6.81. The van der Waals surface area contributed by atoms with Gasteiger partial charge in [0, 0.05) is 20.6 Å². The summed E-state index contributed by atoms with van der Waals surface area (Å²) in [6, 6.07) is 0. The Hall–Kier alpha value is -0.810. The van der Waals surface area contributed by atoms with Crippen LogP contribution in [0.2, 0.25) is 5.02 Å². The van der Waals surface area contributed by atoms with Crippen LogP contribution >= 0.6 is 23.8 Å². The fourth-order valence-corrected chi connectivity index (χ4v) is 1.81. The van der Waals surface area contributed by atoms with Crippen molar-refractivity contribution >= 4 is 28.9 Å². The Morgan fingerprint density at radius 1 is 1.65 bits per heavy atom. The molecule has 0 aliphatic rings. The first-order valence-corrected chi connectivity index (χ1v) is 6.50. The van der Waals surface area contributed by atoms with Crippen molar-refractivity contribution < 1.29 is 0 Å². The Kier molecular flexibility index (Phi) is 5.71. The molecule has 1 rings (SSSR count). The van der Waals surface area contributed by atoms with Gasteiger partial charge < -0.3 is 10.2 Å². The highest BCUT2D eigenvalue weighted by molar-refractivity contribution is 7.80. The SMILES string of the molecule is CCCCNC(=S)N(C)Cc1c(Cl)cnn1C. The number of halogens is 1. The Morgan fingerprint density at radius 3 is 2.88 bits per heavy atom. The van der Waals surface area contributed by atoms with Gasteiger partial charge in [0.2, 0.25) is 0 Å². The van der Waals surface area contributed by atoms with Crippen LogP contribution in [0.4, 0.5) is 0 Å². The van der Waals surface area contributed by atoms with Gasteiger partial charge in [-0.3, -0.25) is 4.68 Å². The Labute approximate surface area is 113 Å². The fourth-order valence-electron chi connectivity index (χ4n) is 1.42. The zero-order valence-corrected chi connectivity index (χ0v) is 12.1. The van der Waals surface area contributed by atoms with Gasteiger partial charge >= 0.3 is 0 Å². The number of aromatic nitrogens is 2. The quantitative estimate of drug-likeness (QED) is 0.659. The van der Waals surface area contributed by atoms with E-state index in [0.29, 0.717) is 11.6 Å². The molecule has 0 spiro atoms. The van der Waals surface area contributed by atoms with Gasteiger partial charge in [-0.05, 0) is 18.6 Å². The van der Waals surface area contributed by atoms with E-state index in [1.165, 1.54) is 0 Å². The van der Waals surface area contributed by atoms with Gasteiger partial charge in [0.1, 0.15) is 0 Å². The molecule has 1 N–H and O–H groups in total. The number of thiocarbonyl (C=S) groups is 1. The third kappa shape index (κ3) is 4.16. The van der Waals surface area contributed by atoms with Crippen LogP contribution in [0, 0.1) is 0 Å². The monoisotopic (exact) mass is 274 g/mol. The minimum absolute atomic E-state index is 0.660. The molecule has 1 heterocycles. The van der Waals surface area contributed by atoms with Crippen molar-refractivity contribution in [3.63, 3.8) is 0 Å². The van der Waals surface area contributed by atoms with Gasteiger partial charge in [0.25, 0.3) is 0 Å². The van der Waals surface area contributed by atoms with E-state index < -0.39 is 0 Å². The van der Waals surface area contributed by atoms with E-state index in [-0.39, 0.29) is 0 Å². The molecule has 0 unspecified atom stereocenters. The van der Waals surface area contributed by atoms with E-state index in [1.807, 2.05) is 19.0 Å². The highest BCUT2D eigenvalue weighted by Gasteiger charge is 2.11. The van der Waals surface area contributed by atoms with Crippen molar-refractivity contribution in [3.8, 4) is 0 Å². The van der Waals surface area contributed by atoms with Crippen molar-refractivity contribution in [1.29, 1.82) is 0 Å². The second-order valence-electron chi connectivity index (χ2n) is 4.00. The molecule has 4 nitrogen and oxygen atoms in total. The number of nitrogens with one attached hydrogen (secondary N) is 1. The van der Waals surface area contributed by atoms with Crippen LogP contribution in [-0.4, -0.2) is 33.4 Å². The largest absolute Gasteiger partial charge is 0.363 e. The number of hydrogen-bond acceptors (Lipinski definition) is 2. The van der Waals surface area contributed by atoms with Gasteiger partial charge in [0.05, 0.1) is 23.5 Å². The lowest BCUT2D eigenvalue weighted by molar-refractivity contribution is 0.465. The summed E-state index contributed by atoms with van der Waals surface area (Å²) in [4.78, 5) is 1.97. The number of hydrogen-bond donors (Lipinski definition) is 1. The molecule has 96 valence electrons. The van der Waals surface area contributed by atoms with Crippen LogP contribution < -0.4 is 5.32 Å². The third-order valence-corrected chi connectivity index (χ3v) is 3.32. The summed E-state index contributed by atoms with van der Waals surface area (Å²) < 4.78 is 1.77. The molecule has 0 radical (unpaired) electrons. The molecular weight excluding hydrogens is 256 g/mol.